The lowest BCUT2D eigenvalue weighted by molar-refractivity contribution is -0.124. The quantitative estimate of drug-likeness (QED) is 0.817. The molecule has 2 N–H and O–H groups in total. The summed E-state index contributed by atoms with van der Waals surface area (Å²) in [5.41, 5.74) is 2.00. The van der Waals surface area contributed by atoms with Gasteiger partial charge in [-0.2, -0.15) is 0 Å². The van der Waals surface area contributed by atoms with Gasteiger partial charge in [-0.1, -0.05) is 43.7 Å². The molecule has 5 nitrogen and oxygen atoms in total. The summed E-state index contributed by atoms with van der Waals surface area (Å²) >= 11 is 0. The van der Waals surface area contributed by atoms with Crippen LogP contribution in [0.1, 0.15) is 37.8 Å². The Morgan fingerprint density at radius 3 is 2.38 bits per heavy atom. The Morgan fingerprint density at radius 2 is 1.85 bits per heavy atom. The van der Waals surface area contributed by atoms with Crippen molar-refractivity contribution in [3.05, 3.63) is 35.4 Å². The summed E-state index contributed by atoms with van der Waals surface area (Å²) in [6.07, 6.45) is 1.84. The van der Waals surface area contributed by atoms with Crippen LogP contribution in [0.15, 0.2) is 24.3 Å². The first-order valence-corrected chi connectivity index (χ1v) is 9.67. The van der Waals surface area contributed by atoms with E-state index in [1.165, 1.54) is 5.56 Å². The van der Waals surface area contributed by atoms with Gasteiger partial charge in [0.15, 0.2) is 0 Å². The normalized spacial score (nSPS) is 24.5. The molecule has 0 bridgehead atoms. The van der Waals surface area contributed by atoms with E-state index in [0.29, 0.717) is 18.4 Å². The van der Waals surface area contributed by atoms with Gasteiger partial charge in [0.1, 0.15) is 0 Å². The molecule has 0 unspecified atom stereocenters. The summed E-state index contributed by atoms with van der Waals surface area (Å²) in [6, 6.07) is 8.46. The average molecular weight is 357 g/mol. The van der Waals surface area contributed by atoms with E-state index in [0.717, 1.165) is 31.5 Å². The predicted molar refractivity (Wildman–Crippen MR) is 103 cm³/mol. The Labute approximate surface area is 156 Å². The molecule has 1 saturated heterocycles. The first kappa shape index (κ1) is 18.9. The van der Waals surface area contributed by atoms with E-state index in [-0.39, 0.29) is 23.3 Å². The molecule has 1 aromatic carbocycles. The van der Waals surface area contributed by atoms with E-state index in [9.17, 15) is 9.59 Å². The van der Waals surface area contributed by atoms with Crippen LogP contribution in [-0.4, -0.2) is 49.4 Å². The minimum atomic E-state index is -0.344. The highest BCUT2D eigenvalue weighted by molar-refractivity contribution is 5.91. The summed E-state index contributed by atoms with van der Waals surface area (Å²) < 4.78 is 0. The van der Waals surface area contributed by atoms with E-state index >= 15 is 0 Å². The van der Waals surface area contributed by atoms with Crippen LogP contribution >= 0.6 is 0 Å². The number of amides is 2. The number of hydrogen-bond acceptors (Lipinski definition) is 3. The first-order chi connectivity index (χ1) is 12.4. The minimum absolute atomic E-state index is 0.0257. The van der Waals surface area contributed by atoms with Crippen molar-refractivity contribution in [2.24, 2.45) is 11.8 Å². The van der Waals surface area contributed by atoms with Gasteiger partial charge in [-0.05, 0) is 37.2 Å². The van der Waals surface area contributed by atoms with Gasteiger partial charge in [0, 0.05) is 26.2 Å². The molecule has 3 rings (SSSR count). The lowest BCUT2D eigenvalue weighted by atomic mass is 9.89. The number of hydrogen-bond donors (Lipinski definition) is 2. The molecular formula is C21H31N3O2. The SMILES string of the molecule is CNC(=O)CN1C[C@H](NC(=O)C2(c3ccc(C)cc3)CC2)[C@@H](C(C)C)C1. The molecule has 0 radical (unpaired) electrons. The summed E-state index contributed by atoms with van der Waals surface area (Å²) in [6.45, 7) is 8.45. The highest BCUT2D eigenvalue weighted by Gasteiger charge is 2.52. The molecule has 2 amide bonds. The van der Waals surface area contributed by atoms with Crippen molar-refractivity contribution in [3.8, 4) is 0 Å². The Hall–Kier alpha value is -1.88. The maximum Gasteiger partial charge on any atom is 0.233 e. The lowest BCUT2D eigenvalue weighted by Gasteiger charge is -2.25. The molecule has 0 aromatic heterocycles. The molecule has 1 aromatic rings. The van der Waals surface area contributed by atoms with Gasteiger partial charge in [-0.3, -0.25) is 14.5 Å². The topological polar surface area (TPSA) is 61.4 Å². The maximum atomic E-state index is 13.1. The number of likely N-dealkylation sites (tertiary alicyclic amines) is 1. The highest BCUT2D eigenvalue weighted by Crippen LogP contribution is 2.48. The summed E-state index contributed by atoms with van der Waals surface area (Å²) in [5, 5.41) is 6.02. The summed E-state index contributed by atoms with van der Waals surface area (Å²) in [7, 11) is 1.66. The van der Waals surface area contributed by atoms with Crippen molar-refractivity contribution in [2.75, 3.05) is 26.7 Å². The van der Waals surface area contributed by atoms with Gasteiger partial charge >= 0.3 is 0 Å². The third-order valence-corrected chi connectivity index (χ3v) is 6.05. The molecule has 2 fully saturated rings. The second kappa shape index (κ2) is 7.39. The smallest absolute Gasteiger partial charge is 0.233 e. The fourth-order valence-corrected chi connectivity index (χ4v) is 4.10. The van der Waals surface area contributed by atoms with Crippen LogP contribution in [0.5, 0.6) is 0 Å². The van der Waals surface area contributed by atoms with Gasteiger partial charge in [-0.15, -0.1) is 0 Å². The van der Waals surface area contributed by atoms with Crippen molar-refractivity contribution in [3.63, 3.8) is 0 Å². The van der Waals surface area contributed by atoms with Crippen molar-refractivity contribution in [2.45, 2.75) is 45.1 Å². The zero-order valence-corrected chi connectivity index (χ0v) is 16.3. The number of rotatable bonds is 6. The molecule has 1 aliphatic carbocycles. The molecule has 1 saturated carbocycles. The van der Waals surface area contributed by atoms with Crippen molar-refractivity contribution in [1.82, 2.24) is 15.5 Å². The van der Waals surface area contributed by atoms with E-state index < -0.39 is 0 Å². The van der Waals surface area contributed by atoms with Crippen molar-refractivity contribution < 1.29 is 9.59 Å². The van der Waals surface area contributed by atoms with Crippen LogP contribution in [0.3, 0.4) is 0 Å². The number of aryl methyl sites for hydroxylation is 1. The highest BCUT2D eigenvalue weighted by atomic mass is 16.2. The van der Waals surface area contributed by atoms with E-state index in [2.05, 4.69) is 60.6 Å². The monoisotopic (exact) mass is 357 g/mol. The van der Waals surface area contributed by atoms with Gasteiger partial charge in [-0.25, -0.2) is 0 Å². The van der Waals surface area contributed by atoms with Crippen LogP contribution in [-0.2, 0) is 15.0 Å². The molecule has 26 heavy (non-hydrogen) atoms. The van der Waals surface area contributed by atoms with Crippen LogP contribution in [0.2, 0.25) is 0 Å². The largest absolute Gasteiger partial charge is 0.358 e. The Balaban J connectivity index is 1.69. The first-order valence-electron chi connectivity index (χ1n) is 9.67. The molecule has 1 aliphatic heterocycles. The van der Waals surface area contributed by atoms with Crippen LogP contribution in [0.4, 0.5) is 0 Å². The number of nitrogens with one attached hydrogen (secondary N) is 2. The van der Waals surface area contributed by atoms with Gasteiger partial charge in [0.2, 0.25) is 11.8 Å². The summed E-state index contributed by atoms with van der Waals surface area (Å²) in [4.78, 5) is 27.0. The number of likely N-dealkylation sites (N-methyl/N-ethyl adjacent to an activating group) is 1. The predicted octanol–water partition coefficient (Wildman–Crippen LogP) is 1.85. The molecule has 2 aliphatic rings. The van der Waals surface area contributed by atoms with Crippen LogP contribution in [0, 0.1) is 18.8 Å². The molecule has 5 heteroatoms. The number of nitrogens with zero attached hydrogens (tertiary/aromatic N) is 1. The third kappa shape index (κ3) is 3.78. The van der Waals surface area contributed by atoms with E-state index in [4.69, 9.17) is 0 Å². The Kier molecular flexibility index (Phi) is 5.37. The standard InChI is InChI=1S/C21H31N3O2/c1-14(2)17-11-24(13-19(25)22-4)12-18(17)23-20(26)21(9-10-21)16-7-5-15(3)6-8-16/h5-8,14,17-18H,9-13H2,1-4H3,(H,22,25)(H,23,26)/t17-,18+/m1/s1. The maximum absolute atomic E-state index is 13.1. The zero-order valence-electron chi connectivity index (χ0n) is 16.3. The van der Waals surface area contributed by atoms with E-state index in [1.807, 2.05) is 0 Å². The molecular weight excluding hydrogens is 326 g/mol. The fourth-order valence-electron chi connectivity index (χ4n) is 4.10. The number of benzene rings is 1. The minimum Gasteiger partial charge on any atom is -0.358 e. The lowest BCUT2D eigenvalue weighted by Crippen LogP contribution is -2.46. The molecule has 142 valence electrons. The fraction of sp³-hybridized carbons (Fsp3) is 0.619. The molecule has 0 spiro atoms. The zero-order chi connectivity index (χ0) is 18.9. The third-order valence-electron chi connectivity index (χ3n) is 6.05. The summed E-state index contributed by atoms with van der Waals surface area (Å²) in [5.74, 6) is 1.01. The van der Waals surface area contributed by atoms with Crippen LogP contribution in [0.25, 0.3) is 0 Å². The molecule has 1 heterocycles. The van der Waals surface area contributed by atoms with Crippen LogP contribution < -0.4 is 10.6 Å². The Morgan fingerprint density at radius 1 is 1.19 bits per heavy atom. The Bertz CT molecular complexity index is 664. The second-order valence-corrected chi connectivity index (χ2v) is 8.30. The van der Waals surface area contributed by atoms with Crippen molar-refractivity contribution in [1.29, 1.82) is 0 Å². The average Bonchev–Trinajstić information content (AvgIpc) is 3.32. The van der Waals surface area contributed by atoms with Gasteiger partial charge in [0.05, 0.1) is 12.0 Å². The number of carbonyl (C=O) groups is 2. The second-order valence-electron chi connectivity index (χ2n) is 8.30. The van der Waals surface area contributed by atoms with Crippen molar-refractivity contribution >= 4 is 11.8 Å². The van der Waals surface area contributed by atoms with Gasteiger partial charge in [0.25, 0.3) is 0 Å². The van der Waals surface area contributed by atoms with Gasteiger partial charge < -0.3 is 10.6 Å². The molecule has 2 atom stereocenters. The number of carbonyl (C=O) groups excluding carboxylic acids is 2. The van der Waals surface area contributed by atoms with E-state index in [1.54, 1.807) is 7.05 Å².